The van der Waals surface area contributed by atoms with Gasteiger partial charge in [0.2, 0.25) is 0 Å². The first kappa shape index (κ1) is 22.6. The summed E-state index contributed by atoms with van der Waals surface area (Å²) in [5.74, 6) is 2.27. The Labute approximate surface area is 177 Å². The molecule has 0 fully saturated rings. The predicted octanol–water partition coefficient (Wildman–Crippen LogP) is 4.03. The Bertz CT molecular complexity index is 703. The lowest BCUT2D eigenvalue weighted by Gasteiger charge is -2.27. The van der Waals surface area contributed by atoms with Gasteiger partial charge in [-0.3, -0.25) is 4.99 Å². The van der Waals surface area contributed by atoms with E-state index in [2.05, 4.69) is 52.4 Å². The number of hydrogen-bond donors (Lipinski definition) is 2. The lowest BCUT2D eigenvalue weighted by Crippen LogP contribution is -2.43. The molecule has 0 spiro atoms. The monoisotopic (exact) mass is 489 g/mol. The van der Waals surface area contributed by atoms with Gasteiger partial charge in [0.05, 0.1) is 14.2 Å². The fourth-order valence-electron chi connectivity index (χ4n) is 2.46. The summed E-state index contributed by atoms with van der Waals surface area (Å²) in [7, 11) is 5.09. The van der Waals surface area contributed by atoms with E-state index in [9.17, 15) is 0 Å². The molecule has 5 nitrogen and oxygen atoms in total. The number of benzene rings is 1. The molecule has 0 bridgehead atoms. The minimum absolute atomic E-state index is 0. The molecule has 0 unspecified atom stereocenters. The molecule has 2 rings (SSSR count). The molecule has 1 aromatic heterocycles. The van der Waals surface area contributed by atoms with Crippen LogP contribution < -0.4 is 20.1 Å². The fraction of sp³-hybridized carbons (Fsp3) is 0.421. The molecular formula is C19H28IN3O2S. The molecule has 0 amide bonds. The van der Waals surface area contributed by atoms with Gasteiger partial charge in [-0.05, 0) is 40.1 Å². The quantitative estimate of drug-likeness (QED) is 0.351. The summed E-state index contributed by atoms with van der Waals surface area (Å²) >= 11 is 1.70. The van der Waals surface area contributed by atoms with Crippen LogP contribution in [0.25, 0.3) is 0 Å². The van der Waals surface area contributed by atoms with Gasteiger partial charge in [0, 0.05) is 25.6 Å². The number of rotatable bonds is 7. The molecule has 7 heteroatoms. The molecule has 0 saturated heterocycles. The molecule has 0 aliphatic carbocycles. The van der Waals surface area contributed by atoms with Crippen molar-refractivity contribution >= 4 is 41.3 Å². The van der Waals surface area contributed by atoms with E-state index in [1.54, 1.807) is 32.6 Å². The van der Waals surface area contributed by atoms with Crippen molar-refractivity contribution in [1.82, 2.24) is 10.6 Å². The summed E-state index contributed by atoms with van der Waals surface area (Å²) < 4.78 is 10.7. The molecule has 2 aromatic rings. The zero-order valence-corrected chi connectivity index (χ0v) is 19.1. The number of thiophene rings is 1. The van der Waals surface area contributed by atoms with E-state index in [-0.39, 0.29) is 29.4 Å². The van der Waals surface area contributed by atoms with Crippen molar-refractivity contribution < 1.29 is 9.47 Å². The Morgan fingerprint density at radius 1 is 1.12 bits per heavy atom. The van der Waals surface area contributed by atoms with Crippen LogP contribution in [0.2, 0.25) is 0 Å². The standard InChI is InChI=1S/C19H27N3O2S.HI/c1-19(2,15-6-7-16(23-4)17(10-15)24-5)13-22-18(20-3)21-11-14-8-9-25-12-14;/h6-10,12H,11,13H2,1-5H3,(H2,20,21,22);1H. The van der Waals surface area contributed by atoms with Crippen molar-refractivity contribution in [3.05, 3.63) is 46.2 Å². The average Bonchev–Trinajstić information content (AvgIpc) is 3.14. The molecule has 0 aliphatic rings. The van der Waals surface area contributed by atoms with E-state index in [4.69, 9.17) is 9.47 Å². The van der Waals surface area contributed by atoms with Crippen molar-refractivity contribution in [2.75, 3.05) is 27.8 Å². The SMILES string of the molecule is CN=C(NCc1ccsc1)NCC(C)(C)c1ccc(OC)c(OC)c1.I. The Balaban J connectivity index is 0.00000338. The maximum atomic E-state index is 5.42. The minimum Gasteiger partial charge on any atom is -0.493 e. The van der Waals surface area contributed by atoms with E-state index in [0.717, 1.165) is 30.5 Å². The number of guanidine groups is 1. The van der Waals surface area contributed by atoms with E-state index >= 15 is 0 Å². The number of ether oxygens (including phenoxy) is 2. The first-order valence-electron chi connectivity index (χ1n) is 8.18. The van der Waals surface area contributed by atoms with Crippen LogP contribution in [0.5, 0.6) is 11.5 Å². The van der Waals surface area contributed by atoms with Gasteiger partial charge in [-0.15, -0.1) is 24.0 Å². The van der Waals surface area contributed by atoms with Gasteiger partial charge >= 0.3 is 0 Å². The topological polar surface area (TPSA) is 54.9 Å². The maximum absolute atomic E-state index is 5.42. The predicted molar refractivity (Wildman–Crippen MR) is 121 cm³/mol. The molecule has 1 heterocycles. The minimum atomic E-state index is -0.0977. The fourth-order valence-corrected chi connectivity index (χ4v) is 3.13. The van der Waals surface area contributed by atoms with Crippen LogP contribution in [0.3, 0.4) is 0 Å². The van der Waals surface area contributed by atoms with Crippen molar-refractivity contribution in [3.8, 4) is 11.5 Å². The summed E-state index contributed by atoms with van der Waals surface area (Å²) in [5, 5.41) is 11.0. The molecule has 0 aliphatic heterocycles. The summed E-state index contributed by atoms with van der Waals surface area (Å²) in [6.45, 7) is 5.88. The number of hydrogen-bond acceptors (Lipinski definition) is 4. The number of nitrogens with one attached hydrogen (secondary N) is 2. The molecular weight excluding hydrogens is 461 g/mol. The van der Waals surface area contributed by atoms with Gasteiger partial charge in [-0.1, -0.05) is 19.9 Å². The van der Waals surface area contributed by atoms with Crippen LogP contribution in [-0.4, -0.2) is 33.8 Å². The van der Waals surface area contributed by atoms with Crippen LogP contribution in [0.15, 0.2) is 40.0 Å². The lowest BCUT2D eigenvalue weighted by molar-refractivity contribution is 0.353. The Hall–Kier alpha value is -1.48. The molecule has 0 radical (unpaired) electrons. The number of aliphatic imine (C=N–C) groups is 1. The highest BCUT2D eigenvalue weighted by molar-refractivity contribution is 14.0. The highest BCUT2D eigenvalue weighted by Crippen LogP contribution is 2.32. The third kappa shape index (κ3) is 6.05. The van der Waals surface area contributed by atoms with Crippen LogP contribution in [0.1, 0.15) is 25.0 Å². The summed E-state index contributed by atoms with van der Waals surface area (Å²) in [4.78, 5) is 4.30. The van der Waals surface area contributed by atoms with Crippen molar-refractivity contribution in [2.24, 2.45) is 4.99 Å². The van der Waals surface area contributed by atoms with Gasteiger partial charge < -0.3 is 20.1 Å². The zero-order chi connectivity index (χ0) is 18.3. The molecule has 0 saturated carbocycles. The highest BCUT2D eigenvalue weighted by atomic mass is 127. The molecule has 0 atom stereocenters. The first-order valence-corrected chi connectivity index (χ1v) is 9.12. The number of methoxy groups -OCH3 is 2. The Morgan fingerprint density at radius 2 is 1.85 bits per heavy atom. The van der Waals surface area contributed by atoms with Crippen molar-refractivity contribution in [2.45, 2.75) is 25.8 Å². The van der Waals surface area contributed by atoms with Crippen molar-refractivity contribution in [1.29, 1.82) is 0 Å². The van der Waals surface area contributed by atoms with E-state index in [0.29, 0.717) is 0 Å². The third-order valence-electron chi connectivity index (χ3n) is 4.13. The van der Waals surface area contributed by atoms with Crippen LogP contribution in [0, 0.1) is 0 Å². The summed E-state index contributed by atoms with van der Waals surface area (Å²) in [5.41, 5.74) is 2.33. The largest absolute Gasteiger partial charge is 0.493 e. The van der Waals surface area contributed by atoms with Gasteiger partial charge in [0.1, 0.15) is 0 Å². The first-order chi connectivity index (χ1) is 12.0. The zero-order valence-electron chi connectivity index (χ0n) is 16.0. The second-order valence-electron chi connectivity index (χ2n) is 6.36. The van der Waals surface area contributed by atoms with E-state index in [1.165, 1.54) is 11.1 Å². The number of nitrogens with zero attached hydrogens (tertiary/aromatic N) is 1. The second kappa shape index (κ2) is 10.6. The van der Waals surface area contributed by atoms with Crippen LogP contribution in [0.4, 0.5) is 0 Å². The molecule has 26 heavy (non-hydrogen) atoms. The highest BCUT2D eigenvalue weighted by Gasteiger charge is 2.22. The van der Waals surface area contributed by atoms with Crippen molar-refractivity contribution in [3.63, 3.8) is 0 Å². The average molecular weight is 489 g/mol. The smallest absolute Gasteiger partial charge is 0.191 e. The summed E-state index contributed by atoms with van der Waals surface area (Å²) in [6.07, 6.45) is 0. The molecule has 144 valence electrons. The molecule has 2 N–H and O–H groups in total. The second-order valence-corrected chi connectivity index (χ2v) is 7.14. The van der Waals surface area contributed by atoms with E-state index < -0.39 is 0 Å². The Kier molecular flexibility index (Phi) is 9.21. The maximum Gasteiger partial charge on any atom is 0.191 e. The third-order valence-corrected chi connectivity index (χ3v) is 4.86. The normalized spacial score (nSPS) is 11.5. The van der Waals surface area contributed by atoms with Crippen LogP contribution >= 0.6 is 35.3 Å². The van der Waals surface area contributed by atoms with Gasteiger partial charge in [0.25, 0.3) is 0 Å². The van der Waals surface area contributed by atoms with E-state index in [1.807, 2.05) is 12.1 Å². The van der Waals surface area contributed by atoms with Gasteiger partial charge in [-0.25, -0.2) is 0 Å². The Morgan fingerprint density at radius 3 is 2.42 bits per heavy atom. The lowest BCUT2D eigenvalue weighted by atomic mass is 9.84. The summed E-state index contributed by atoms with van der Waals surface area (Å²) in [6, 6.07) is 8.16. The van der Waals surface area contributed by atoms with Crippen LogP contribution in [-0.2, 0) is 12.0 Å². The molecule has 1 aromatic carbocycles. The van der Waals surface area contributed by atoms with Gasteiger partial charge in [0.15, 0.2) is 17.5 Å². The van der Waals surface area contributed by atoms with Gasteiger partial charge in [-0.2, -0.15) is 11.3 Å². The number of halogens is 1.